The molecule has 18 heavy (non-hydrogen) atoms. The van der Waals surface area contributed by atoms with Crippen LogP contribution < -0.4 is 10.3 Å². The van der Waals surface area contributed by atoms with Crippen molar-refractivity contribution in [3.63, 3.8) is 0 Å². The molecule has 1 aromatic carbocycles. The summed E-state index contributed by atoms with van der Waals surface area (Å²) in [5, 5.41) is 0. The van der Waals surface area contributed by atoms with E-state index >= 15 is 0 Å². The summed E-state index contributed by atoms with van der Waals surface area (Å²) in [6.07, 6.45) is 4.06. The Morgan fingerprint density at radius 3 is 2.44 bits per heavy atom. The van der Waals surface area contributed by atoms with E-state index in [1.807, 2.05) is 37.5 Å². The first kappa shape index (κ1) is 12.4. The fourth-order valence-electron chi connectivity index (χ4n) is 2.09. The van der Waals surface area contributed by atoms with Gasteiger partial charge in [0.2, 0.25) is 5.69 Å². The summed E-state index contributed by atoms with van der Waals surface area (Å²) in [6.45, 7) is 4.21. The van der Waals surface area contributed by atoms with Crippen molar-refractivity contribution in [3.8, 4) is 0 Å². The van der Waals surface area contributed by atoms with Crippen molar-refractivity contribution in [2.45, 2.75) is 13.8 Å². The second-order valence-electron chi connectivity index (χ2n) is 4.59. The summed E-state index contributed by atoms with van der Waals surface area (Å²) in [5.41, 5.74) is 11.7. The average molecular weight is 239 g/mol. The van der Waals surface area contributed by atoms with Crippen molar-refractivity contribution in [3.05, 3.63) is 65.0 Å². The maximum absolute atomic E-state index is 6.24. The molecule has 92 valence electrons. The van der Waals surface area contributed by atoms with Crippen LogP contribution >= 0.6 is 0 Å². The summed E-state index contributed by atoms with van der Waals surface area (Å²) < 4.78 is 2.07. The number of nitrogens with two attached hydrogens (primary N) is 1. The molecule has 0 amide bonds. The molecule has 0 aliphatic carbocycles. The summed E-state index contributed by atoms with van der Waals surface area (Å²) >= 11 is 0. The van der Waals surface area contributed by atoms with E-state index in [9.17, 15) is 0 Å². The molecule has 2 N–H and O–H groups in total. The molecule has 0 fully saturated rings. The lowest BCUT2D eigenvalue weighted by Crippen LogP contribution is -2.35. The van der Waals surface area contributed by atoms with E-state index in [-0.39, 0.29) is 0 Å². The number of aryl methyl sites for hydroxylation is 2. The topological polar surface area (TPSA) is 29.9 Å². The third-order valence-corrected chi connectivity index (χ3v) is 3.24. The number of benzene rings is 1. The smallest absolute Gasteiger partial charge is 0.231 e. The van der Waals surface area contributed by atoms with E-state index in [0.29, 0.717) is 0 Å². The van der Waals surface area contributed by atoms with Crippen LogP contribution in [0.3, 0.4) is 0 Å². The van der Waals surface area contributed by atoms with Crippen LogP contribution in [0.1, 0.15) is 22.4 Å². The number of hydrogen-bond donors (Lipinski definition) is 1. The molecule has 0 aliphatic rings. The second-order valence-corrected chi connectivity index (χ2v) is 4.59. The zero-order valence-electron chi connectivity index (χ0n) is 11.1. The predicted molar refractivity (Wildman–Crippen MR) is 75.6 cm³/mol. The Labute approximate surface area is 108 Å². The minimum absolute atomic E-state index is 0.796. The van der Waals surface area contributed by atoms with Gasteiger partial charge in [-0.05, 0) is 31.1 Å². The van der Waals surface area contributed by atoms with Crippen LogP contribution in [0.4, 0.5) is 0 Å². The standard InChI is InChI=1S/C16H19N2/c1-12-9-10-18(3)16(13(12)2)15(17)11-14-7-5-4-6-8-14/h4-11H,17H2,1-3H3/q+1. The molecule has 2 heteroatoms. The van der Waals surface area contributed by atoms with Crippen LogP contribution in [0.15, 0.2) is 42.6 Å². The minimum atomic E-state index is 0.796. The van der Waals surface area contributed by atoms with Crippen LogP contribution in [-0.2, 0) is 7.05 Å². The molecule has 0 bridgehead atoms. The van der Waals surface area contributed by atoms with Crippen LogP contribution in [0.2, 0.25) is 0 Å². The first-order valence-electron chi connectivity index (χ1n) is 6.08. The summed E-state index contributed by atoms with van der Waals surface area (Å²) in [7, 11) is 2.02. The second kappa shape index (κ2) is 5.05. The normalized spacial score (nSPS) is 11.6. The summed E-state index contributed by atoms with van der Waals surface area (Å²) in [5.74, 6) is 0. The maximum Gasteiger partial charge on any atom is 0.231 e. The van der Waals surface area contributed by atoms with Crippen LogP contribution in [0.25, 0.3) is 11.8 Å². The fraction of sp³-hybridized carbons (Fsp3) is 0.188. The molecule has 0 atom stereocenters. The zero-order chi connectivity index (χ0) is 13.1. The van der Waals surface area contributed by atoms with Gasteiger partial charge in [0.1, 0.15) is 12.7 Å². The van der Waals surface area contributed by atoms with Crippen molar-refractivity contribution in [2.75, 3.05) is 0 Å². The Morgan fingerprint density at radius 1 is 1.11 bits per heavy atom. The Bertz CT molecular complexity index is 584. The van der Waals surface area contributed by atoms with Crippen molar-refractivity contribution in [1.29, 1.82) is 0 Å². The largest absolute Gasteiger partial charge is 0.393 e. The van der Waals surface area contributed by atoms with Gasteiger partial charge < -0.3 is 5.73 Å². The lowest BCUT2D eigenvalue weighted by molar-refractivity contribution is -0.674. The molecule has 0 spiro atoms. The Hall–Kier alpha value is -2.09. The molecule has 1 aromatic heterocycles. The third kappa shape index (κ3) is 2.43. The third-order valence-electron chi connectivity index (χ3n) is 3.24. The number of pyridine rings is 1. The monoisotopic (exact) mass is 239 g/mol. The van der Waals surface area contributed by atoms with E-state index in [0.717, 1.165) is 17.0 Å². The van der Waals surface area contributed by atoms with Gasteiger partial charge in [-0.25, -0.2) is 0 Å². The SMILES string of the molecule is Cc1cc[n+](C)c(C(N)=Cc2ccccc2)c1C. The number of hydrogen-bond acceptors (Lipinski definition) is 1. The Kier molecular flexibility index (Phi) is 3.47. The van der Waals surface area contributed by atoms with Crippen LogP contribution in [-0.4, -0.2) is 0 Å². The predicted octanol–water partition coefficient (Wildman–Crippen LogP) is 2.58. The van der Waals surface area contributed by atoms with Crippen molar-refractivity contribution in [2.24, 2.45) is 12.8 Å². The summed E-state index contributed by atoms with van der Waals surface area (Å²) in [4.78, 5) is 0. The van der Waals surface area contributed by atoms with Gasteiger partial charge in [-0.15, -0.1) is 0 Å². The average Bonchev–Trinajstić information content (AvgIpc) is 2.36. The molecular weight excluding hydrogens is 220 g/mol. The lowest BCUT2D eigenvalue weighted by Gasteiger charge is -2.06. The van der Waals surface area contributed by atoms with E-state index in [1.54, 1.807) is 0 Å². The van der Waals surface area contributed by atoms with Gasteiger partial charge in [0.15, 0.2) is 6.20 Å². The molecule has 0 unspecified atom stereocenters. The molecule has 0 saturated carbocycles. The highest BCUT2D eigenvalue weighted by molar-refractivity contribution is 5.78. The van der Waals surface area contributed by atoms with Gasteiger partial charge in [-0.1, -0.05) is 30.3 Å². The molecule has 1 heterocycles. The lowest BCUT2D eigenvalue weighted by atomic mass is 10.1. The summed E-state index contributed by atoms with van der Waals surface area (Å²) in [6, 6.07) is 12.3. The van der Waals surface area contributed by atoms with Gasteiger partial charge in [0.25, 0.3) is 0 Å². The maximum atomic E-state index is 6.24. The number of nitrogens with zero attached hydrogens (tertiary/aromatic N) is 1. The zero-order valence-corrected chi connectivity index (χ0v) is 11.1. The first-order valence-corrected chi connectivity index (χ1v) is 6.08. The molecule has 0 saturated heterocycles. The van der Waals surface area contributed by atoms with Crippen molar-refractivity contribution < 1.29 is 4.57 Å². The molecule has 0 radical (unpaired) electrons. The molecule has 0 aliphatic heterocycles. The number of aromatic nitrogens is 1. The fourth-order valence-corrected chi connectivity index (χ4v) is 2.09. The Balaban J connectivity index is 2.50. The van der Waals surface area contributed by atoms with Gasteiger partial charge in [-0.3, -0.25) is 0 Å². The molecule has 2 rings (SSSR count). The van der Waals surface area contributed by atoms with Crippen molar-refractivity contribution in [1.82, 2.24) is 0 Å². The van der Waals surface area contributed by atoms with Gasteiger partial charge in [-0.2, -0.15) is 4.57 Å². The quantitative estimate of drug-likeness (QED) is 0.802. The van der Waals surface area contributed by atoms with E-state index in [4.69, 9.17) is 5.73 Å². The highest BCUT2D eigenvalue weighted by Crippen LogP contribution is 2.16. The van der Waals surface area contributed by atoms with E-state index in [1.165, 1.54) is 11.1 Å². The molecule has 2 nitrogen and oxygen atoms in total. The van der Waals surface area contributed by atoms with Gasteiger partial charge in [0.05, 0.1) is 0 Å². The van der Waals surface area contributed by atoms with Crippen LogP contribution in [0.5, 0.6) is 0 Å². The highest BCUT2D eigenvalue weighted by atomic mass is 14.9. The Morgan fingerprint density at radius 2 is 1.78 bits per heavy atom. The van der Waals surface area contributed by atoms with E-state index < -0.39 is 0 Å². The number of rotatable bonds is 2. The molecular formula is C16H19N2+. The van der Waals surface area contributed by atoms with E-state index in [2.05, 4.69) is 36.6 Å². The first-order chi connectivity index (χ1) is 8.59. The molecule has 2 aromatic rings. The van der Waals surface area contributed by atoms with Gasteiger partial charge in [0, 0.05) is 11.6 Å². The van der Waals surface area contributed by atoms with Gasteiger partial charge >= 0.3 is 0 Å². The van der Waals surface area contributed by atoms with Crippen LogP contribution in [0, 0.1) is 13.8 Å². The minimum Gasteiger partial charge on any atom is -0.393 e. The highest BCUT2D eigenvalue weighted by Gasteiger charge is 2.15. The van der Waals surface area contributed by atoms with Crippen molar-refractivity contribution >= 4 is 11.8 Å².